The molecule has 0 spiro atoms. The first-order valence-corrected chi connectivity index (χ1v) is 6.72. The first-order chi connectivity index (χ1) is 8.48. The van der Waals surface area contributed by atoms with Crippen LogP contribution in [-0.4, -0.2) is 36.3 Å². The minimum Gasteiger partial charge on any atom is -0.390 e. The molecular formula is C12H15F2NO2S. The third-order valence-electron chi connectivity index (χ3n) is 2.27. The van der Waals surface area contributed by atoms with Gasteiger partial charge in [-0.1, -0.05) is 12.1 Å². The van der Waals surface area contributed by atoms with E-state index in [0.29, 0.717) is 5.56 Å². The Hall–Kier alpha value is -1.14. The Morgan fingerprint density at radius 1 is 1.39 bits per heavy atom. The van der Waals surface area contributed by atoms with Crippen LogP contribution in [0.2, 0.25) is 0 Å². The molecule has 1 aromatic rings. The first kappa shape index (κ1) is 14.9. The molecule has 0 heterocycles. The lowest BCUT2D eigenvalue weighted by molar-refractivity contribution is -0.0462. The largest absolute Gasteiger partial charge is 0.390 e. The van der Waals surface area contributed by atoms with Gasteiger partial charge in [0.15, 0.2) is 0 Å². The number of thioether (sulfide) groups is 1. The van der Waals surface area contributed by atoms with Crippen molar-refractivity contribution in [1.29, 1.82) is 0 Å². The van der Waals surface area contributed by atoms with Crippen molar-refractivity contribution in [1.82, 2.24) is 5.32 Å². The molecule has 18 heavy (non-hydrogen) atoms. The third-order valence-corrected chi connectivity index (χ3v) is 2.89. The Labute approximate surface area is 109 Å². The van der Waals surface area contributed by atoms with Gasteiger partial charge < -0.3 is 10.4 Å². The molecule has 0 bridgehead atoms. The summed E-state index contributed by atoms with van der Waals surface area (Å²) in [5, 5.41) is 10.5. The zero-order valence-electron chi connectivity index (χ0n) is 9.95. The van der Waals surface area contributed by atoms with Crippen LogP contribution in [0.4, 0.5) is 8.78 Å². The molecule has 1 amide bonds. The second kappa shape index (κ2) is 6.70. The van der Waals surface area contributed by atoms with Crippen molar-refractivity contribution in [3.63, 3.8) is 0 Å². The number of rotatable bonds is 6. The zero-order valence-corrected chi connectivity index (χ0v) is 10.8. The van der Waals surface area contributed by atoms with Gasteiger partial charge in [-0.2, -0.15) is 11.8 Å². The Morgan fingerprint density at radius 2 is 2.00 bits per heavy atom. The molecule has 6 heteroatoms. The van der Waals surface area contributed by atoms with Crippen LogP contribution < -0.4 is 5.32 Å². The first-order valence-electron chi connectivity index (χ1n) is 5.33. The molecular weight excluding hydrogens is 260 g/mol. The Bertz CT molecular complexity index is 396. The highest BCUT2D eigenvalue weighted by Crippen LogP contribution is 2.12. The van der Waals surface area contributed by atoms with Crippen LogP contribution in [0.1, 0.15) is 15.9 Å². The highest BCUT2D eigenvalue weighted by Gasteiger charge is 2.28. The molecule has 0 radical (unpaired) electrons. The van der Waals surface area contributed by atoms with Gasteiger partial charge in [-0.05, 0) is 24.0 Å². The molecule has 0 aromatic heterocycles. The molecule has 0 unspecified atom stereocenters. The van der Waals surface area contributed by atoms with Crippen LogP contribution >= 0.6 is 11.8 Å². The van der Waals surface area contributed by atoms with E-state index in [1.165, 1.54) is 0 Å². The number of halogens is 2. The number of aliphatic hydroxyl groups excluding tert-OH is 1. The topological polar surface area (TPSA) is 49.3 Å². The van der Waals surface area contributed by atoms with Crippen molar-refractivity contribution < 1.29 is 18.7 Å². The number of hydrogen-bond acceptors (Lipinski definition) is 3. The standard InChI is InChI=1S/C12H15F2NO2S/c1-18-6-9-2-4-10(5-3-9)11(17)15-7-12(13,14)8-16/h2-5,16H,6-8H2,1H3,(H,15,17). The summed E-state index contributed by atoms with van der Waals surface area (Å²) >= 11 is 1.66. The number of hydrogen-bond donors (Lipinski definition) is 2. The predicted octanol–water partition coefficient (Wildman–Crippen LogP) is 1.91. The fourth-order valence-corrected chi connectivity index (χ4v) is 1.81. The van der Waals surface area contributed by atoms with Gasteiger partial charge in [0, 0.05) is 11.3 Å². The number of benzene rings is 1. The average molecular weight is 275 g/mol. The second-order valence-corrected chi connectivity index (χ2v) is 4.69. The molecule has 0 aliphatic heterocycles. The Kier molecular flexibility index (Phi) is 5.55. The summed E-state index contributed by atoms with van der Waals surface area (Å²) in [7, 11) is 0. The van der Waals surface area contributed by atoms with E-state index in [0.717, 1.165) is 11.3 Å². The van der Waals surface area contributed by atoms with Gasteiger partial charge in [-0.3, -0.25) is 4.79 Å². The molecule has 2 N–H and O–H groups in total. The van der Waals surface area contributed by atoms with Crippen molar-refractivity contribution in [3.05, 3.63) is 35.4 Å². The van der Waals surface area contributed by atoms with Gasteiger partial charge in [-0.15, -0.1) is 0 Å². The lowest BCUT2D eigenvalue weighted by Crippen LogP contribution is -2.38. The zero-order chi connectivity index (χ0) is 13.6. The number of carbonyl (C=O) groups is 1. The number of carbonyl (C=O) groups excluding carboxylic acids is 1. The molecule has 0 saturated carbocycles. The molecule has 0 fully saturated rings. The number of aliphatic hydroxyl groups is 1. The molecule has 1 rings (SSSR count). The SMILES string of the molecule is CSCc1ccc(C(=O)NCC(F)(F)CO)cc1. The molecule has 0 atom stereocenters. The monoisotopic (exact) mass is 275 g/mol. The maximum Gasteiger partial charge on any atom is 0.287 e. The van der Waals surface area contributed by atoms with Crippen molar-refractivity contribution in [3.8, 4) is 0 Å². The predicted molar refractivity (Wildman–Crippen MR) is 68.0 cm³/mol. The summed E-state index contributed by atoms with van der Waals surface area (Å²) in [6.45, 7) is -2.14. The maximum absolute atomic E-state index is 12.7. The second-order valence-electron chi connectivity index (χ2n) is 3.83. The van der Waals surface area contributed by atoms with Gasteiger partial charge in [-0.25, -0.2) is 8.78 Å². The van der Waals surface area contributed by atoms with E-state index in [1.807, 2.05) is 6.26 Å². The van der Waals surface area contributed by atoms with Gasteiger partial charge in [0.05, 0.1) is 6.54 Å². The summed E-state index contributed by atoms with van der Waals surface area (Å²) in [6, 6.07) is 6.77. The fraction of sp³-hybridized carbons (Fsp3) is 0.417. The van der Waals surface area contributed by atoms with E-state index < -0.39 is 25.0 Å². The van der Waals surface area contributed by atoms with Crippen LogP contribution in [0.15, 0.2) is 24.3 Å². The minimum atomic E-state index is -3.28. The van der Waals surface area contributed by atoms with Crippen molar-refractivity contribution in [2.75, 3.05) is 19.4 Å². The summed E-state index contributed by atoms with van der Waals surface area (Å²) in [5.41, 5.74) is 1.40. The van der Waals surface area contributed by atoms with E-state index in [9.17, 15) is 13.6 Å². The van der Waals surface area contributed by atoms with E-state index in [1.54, 1.807) is 36.0 Å². The highest BCUT2D eigenvalue weighted by atomic mass is 32.2. The number of amides is 1. The Morgan fingerprint density at radius 3 is 2.50 bits per heavy atom. The average Bonchev–Trinajstić information content (AvgIpc) is 2.37. The van der Waals surface area contributed by atoms with Crippen molar-refractivity contribution in [2.24, 2.45) is 0 Å². The van der Waals surface area contributed by atoms with Crippen LogP contribution in [0, 0.1) is 0 Å². The van der Waals surface area contributed by atoms with E-state index in [2.05, 4.69) is 5.32 Å². The van der Waals surface area contributed by atoms with Gasteiger partial charge in [0.2, 0.25) is 0 Å². The molecule has 1 aromatic carbocycles. The maximum atomic E-state index is 12.7. The lowest BCUT2D eigenvalue weighted by Gasteiger charge is -2.13. The molecule has 0 saturated heterocycles. The third kappa shape index (κ3) is 4.62. The van der Waals surface area contributed by atoms with E-state index in [-0.39, 0.29) is 0 Å². The number of nitrogens with one attached hydrogen (secondary N) is 1. The lowest BCUT2D eigenvalue weighted by atomic mass is 10.1. The molecule has 0 aliphatic carbocycles. The van der Waals surface area contributed by atoms with Crippen LogP contribution in [0.3, 0.4) is 0 Å². The quantitative estimate of drug-likeness (QED) is 0.833. The number of alkyl halides is 2. The summed E-state index contributed by atoms with van der Waals surface area (Å²) in [4.78, 5) is 11.5. The summed E-state index contributed by atoms with van der Waals surface area (Å²) in [6.07, 6.45) is 1.97. The van der Waals surface area contributed by atoms with Gasteiger partial charge >= 0.3 is 0 Å². The normalized spacial score (nSPS) is 11.3. The molecule has 3 nitrogen and oxygen atoms in total. The van der Waals surface area contributed by atoms with Crippen molar-refractivity contribution >= 4 is 17.7 Å². The van der Waals surface area contributed by atoms with Gasteiger partial charge in [0.1, 0.15) is 6.61 Å². The minimum absolute atomic E-state index is 0.327. The van der Waals surface area contributed by atoms with E-state index in [4.69, 9.17) is 5.11 Å². The molecule has 100 valence electrons. The summed E-state index contributed by atoms with van der Waals surface area (Å²) in [5.74, 6) is -3.02. The van der Waals surface area contributed by atoms with Crippen molar-refractivity contribution in [2.45, 2.75) is 11.7 Å². The molecule has 0 aliphatic rings. The Balaban J connectivity index is 2.56. The smallest absolute Gasteiger partial charge is 0.287 e. The van der Waals surface area contributed by atoms with Crippen LogP contribution in [0.25, 0.3) is 0 Å². The summed E-state index contributed by atoms with van der Waals surface area (Å²) < 4.78 is 25.5. The van der Waals surface area contributed by atoms with Crippen LogP contribution in [0.5, 0.6) is 0 Å². The van der Waals surface area contributed by atoms with E-state index >= 15 is 0 Å². The van der Waals surface area contributed by atoms with Gasteiger partial charge in [0.25, 0.3) is 11.8 Å². The fourth-order valence-electron chi connectivity index (χ4n) is 1.29. The van der Waals surface area contributed by atoms with Crippen LogP contribution in [-0.2, 0) is 5.75 Å². The highest BCUT2D eigenvalue weighted by molar-refractivity contribution is 7.97.